The summed E-state index contributed by atoms with van der Waals surface area (Å²) in [5.41, 5.74) is 1.56. The van der Waals surface area contributed by atoms with Crippen molar-refractivity contribution in [1.29, 1.82) is 0 Å². The average Bonchev–Trinajstić information content (AvgIpc) is 2.52. The van der Waals surface area contributed by atoms with Gasteiger partial charge in [0.1, 0.15) is 11.6 Å². The maximum absolute atomic E-state index is 12.3. The molecule has 2 amide bonds. The van der Waals surface area contributed by atoms with Crippen molar-refractivity contribution in [2.75, 3.05) is 5.32 Å². The van der Waals surface area contributed by atoms with E-state index in [9.17, 15) is 22.8 Å². The lowest BCUT2D eigenvalue weighted by Gasteiger charge is -2.16. The third-order valence-corrected chi connectivity index (χ3v) is 3.48. The van der Waals surface area contributed by atoms with Crippen LogP contribution in [0.1, 0.15) is 41.5 Å². The first-order valence-corrected chi connectivity index (χ1v) is 7.96. The van der Waals surface area contributed by atoms with Gasteiger partial charge in [0.15, 0.2) is 0 Å². The van der Waals surface area contributed by atoms with Gasteiger partial charge >= 0.3 is 6.36 Å². The number of benzene rings is 1. The van der Waals surface area contributed by atoms with Crippen LogP contribution in [-0.2, 0) is 4.79 Å². The number of carbonyl (C=O) groups excluding carboxylic acids is 2. The van der Waals surface area contributed by atoms with Crippen molar-refractivity contribution in [1.82, 2.24) is 10.3 Å². The zero-order valence-corrected chi connectivity index (χ0v) is 14.8. The number of aromatic nitrogens is 1. The van der Waals surface area contributed by atoms with Gasteiger partial charge in [-0.2, -0.15) is 0 Å². The van der Waals surface area contributed by atoms with Crippen LogP contribution in [-0.4, -0.2) is 23.2 Å². The number of nitrogens with one attached hydrogen (secondary N) is 2. The van der Waals surface area contributed by atoms with Gasteiger partial charge in [-0.1, -0.05) is 0 Å². The first kappa shape index (κ1) is 20.2. The molecule has 1 heterocycles. The molecule has 0 fully saturated rings. The van der Waals surface area contributed by atoms with Crippen LogP contribution in [0.15, 0.2) is 36.4 Å². The van der Waals surface area contributed by atoms with Crippen molar-refractivity contribution < 1.29 is 27.5 Å². The molecule has 144 valence electrons. The van der Waals surface area contributed by atoms with Crippen LogP contribution in [0.4, 0.5) is 19.0 Å². The highest BCUT2D eigenvalue weighted by atomic mass is 19.4. The largest absolute Gasteiger partial charge is 0.573 e. The van der Waals surface area contributed by atoms with E-state index in [0.29, 0.717) is 11.5 Å². The molecule has 0 radical (unpaired) electrons. The molecule has 6 nitrogen and oxygen atoms in total. The summed E-state index contributed by atoms with van der Waals surface area (Å²) in [5.74, 6) is -0.766. The molecule has 2 N–H and O–H groups in total. The monoisotopic (exact) mass is 381 g/mol. The van der Waals surface area contributed by atoms with Gasteiger partial charge in [-0.25, -0.2) is 4.98 Å². The van der Waals surface area contributed by atoms with Crippen LogP contribution >= 0.6 is 0 Å². The molecule has 1 atom stereocenters. The summed E-state index contributed by atoms with van der Waals surface area (Å²) in [6, 6.07) is 7.60. The normalized spacial score (nSPS) is 12.2. The number of rotatable bonds is 5. The van der Waals surface area contributed by atoms with E-state index in [4.69, 9.17) is 0 Å². The second-order valence-corrected chi connectivity index (χ2v) is 5.88. The first-order chi connectivity index (χ1) is 12.5. The lowest BCUT2D eigenvalue weighted by atomic mass is 10.1. The molecule has 1 unspecified atom stereocenters. The van der Waals surface area contributed by atoms with Gasteiger partial charge in [0, 0.05) is 18.2 Å². The Balaban J connectivity index is 2.09. The second-order valence-electron chi connectivity index (χ2n) is 5.88. The van der Waals surface area contributed by atoms with Gasteiger partial charge in [-0.05, 0) is 55.8 Å². The lowest BCUT2D eigenvalue weighted by molar-refractivity contribution is -0.274. The highest BCUT2D eigenvalue weighted by molar-refractivity contribution is 5.94. The quantitative estimate of drug-likeness (QED) is 0.827. The zero-order chi connectivity index (χ0) is 20.2. The van der Waals surface area contributed by atoms with Crippen LogP contribution in [0, 0.1) is 6.92 Å². The Bertz CT molecular complexity index is 836. The van der Waals surface area contributed by atoms with Gasteiger partial charge in [0.2, 0.25) is 5.91 Å². The fourth-order valence-corrected chi connectivity index (χ4v) is 2.36. The van der Waals surface area contributed by atoms with Crippen LogP contribution in [0.3, 0.4) is 0 Å². The fraction of sp³-hybridized carbons (Fsp3) is 0.278. The molecule has 0 aliphatic carbocycles. The molecule has 0 aliphatic heterocycles. The molecule has 2 aromatic rings. The predicted molar refractivity (Wildman–Crippen MR) is 92.3 cm³/mol. The summed E-state index contributed by atoms with van der Waals surface area (Å²) < 4.78 is 40.3. The van der Waals surface area contributed by atoms with Gasteiger partial charge in [0.05, 0.1) is 6.04 Å². The van der Waals surface area contributed by atoms with Crippen LogP contribution in [0.25, 0.3) is 0 Å². The Labute approximate surface area is 153 Å². The minimum absolute atomic E-state index is 0.184. The average molecular weight is 381 g/mol. The SMILES string of the molecule is CC(=O)Nc1cc(C(C)NC(=O)c2ccc(OC(F)(F)F)cc2)cc(C)n1. The minimum Gasteiger partial charge on any atom is -0.406 e. The number of halogens is 3. The zero-order valence-electron chi connectivity index (χ0n) is 14.8. The Hall–Kier alpha value is -3.10. The first-order valence-electron chi connectivity index (χ1n) is 7.96. The van der Waals surface area contributed by atoms with E-state index in [2.05, 4.69) is 20.4 Å². The molecule has 2 rings (SSSR count). The minimum atomic E-state index is -4.79. The van der Waals surface area contributed by atoms with Crippen LogP contribution in [0.5, 0.6) is 5.75 Å². The van der Waals surface area contributed by atoms with Crippen molar-refractivity contribution in [3.63, 3.8) is 0 Å². The fourth-order valence-electron chi connectivity index (χ4n) is 2.36. The highest BCUT2D eigenvalue weighted by Gasteiger charge is 2.31. The van der Waals surface area contributed by atoms with Gasteiger partial charge in [-0.3, -0.25) is 9.59 Å². The van der Waals surface area contributed by atoms with Crippen LogP contribution in [0.2, 0.25) is 0 Å². The number of nitrogens with zero attached hydrogens (tertiary/aromatic N) is 1. The summed E-state index contributed by atoms with van der Waals surface area (Å²) >= 11 is 0. The lowest BCUT2D eigenvalue weighted by Crippen LogP contribution is -2.27. The maximum atomic E-state index is 12.3. The number of ether oxygens (including phenoxy) is 1. The smallest absolute Gasteiger partial charge is 0.406 e. The molecule has 0 spiro atoms. The van der Waals surface area contributed by atoms with E-state index in [1.807, 2.05) is 0 Å². The molecule has 0 saturated heterocycles. The van der Waals surface area contributed by atoms with E-state index in [1.165, 1.54) is 19.1 Å². The Kier molecular flexibility index (Phi) is 6.04. The van der Waals surface area contributed by atoms with Crippen molar-refractivity contribution >= 4 is 17.6 Å². The van der Waals surface area contributed by atoms with E-state index >= 15 is 0 Å². The molecule has 0 saturated carbocycles. The molecule has 0 bridgehead atoms. The Morgan fingerprint density at radius 2 is 1.78 bits per heavy atom. The number of alkyl halides is 3. The molecular weight excluding hydrogens is 363 g/mol. The molecule has 27 heavy (non-hydrogen) atoms. The van der Waals surface area contributed by atoms with Crippen molar-refractivity contribution in [3.8, 4) is 5.75 Å². The molecule has 9 heteroatoms. The van der Waals surface area contributed by atoms with E-state index < -0.39 is 24.1 Å². The second kappa shape index (κ2) is 8.07. The topological polar surface area (TPSA) is 80.3 Å². The highest BCUT2D eigenvalue weighted by Crippen LogP contribution is 2.23. The van der Waals surface area contributed by atoms with E-state index in [0.717, 1.165) is 17.7 Å². The maximum Gasteiger partial charge on any atom is 0.573 e. The summed E-state index contributed by atoms with van der Waals surface area (Å²) in [6.07, 6.45) is -4.79. The van der Waals surface area contributed by atoms with Gasteiger partial charge in [0.25, 0.3) is 5.91 Å². The number of anilines is 1. The summed E-state index contributed by atoms with van der Waals surface area (Å²) in [5, 5.41) is 5.33. The number of hydrogen-bond donors (Lipinski definition) is 2. The van der Waals surface area contributed by atoms with E-state index in [-0.39, 0.29) is 11.5 Å². The number of amides is 2. The Morgan fingerprint density at radius 1 is 1.15 bits per heavy atom. The molecular formula is C18H18F3N3O3. The molecule has 1 aromatic heterocycles. The summed E-state index contributed by atoms with van der Waals surface area (Å²) in [4.78, 5) is 27.7. The summed E-state index contributed by atoms with van der Waals surface area (Å²) in [7, 11) is 0. The number of carbonyl (C=O) groups is 2. The van der Waals surface area contributed by atoms with Crippen LogP contribution < -0.4 is 15.4 Å². The number of aryl methyl sites for hydroxylation is 1. The van der Waals surface area contributed by atoms with Crippen molar-refractivity contribution in [3.05, 3.63) is 53.2 Å². The molecule has 0 aliphatic rings. The van der Waals surface area contributed by atoms with Crippen molar-refractivity contribution in [2.45, 2.75) is 33.2 Å². The Morgan fingerprint density at radius 3 is 2.33 bits per heavy atom. The van der Waals surface area contributed by atoms with Crippen molar-refractivity contribution in [2.24, 2.45) is 0 Å². The third-order valence-electron chi connectivity index (χ3n) is 3.48. The molecule has 1 aromatic carbocycles. The third kappa shape index (κ3) is 6.28. The predicted octanol–water partition coefficient (Wildman–Crippen LogP) is 3.74. The van der Waals surface area contributed by atoms with E-state index in [1.54, 1.807) is 26.0 Å². The van der Waals surface area contributed by atoms with Gasteiger partial charge in [-0.15, -0.1) is 13.2 Å². The number of hydrogen-bond acceptors (Lipinski definition) is 4. The summed E-state index contributed by atoms with van der Waals surface area (Å²) in [6.45, 7) is 4.86. The number of pyridine rings is 1. The standard InChI is InChI=1S/C18H18F3N3O3/c1-10-8-14(9-16(22-10)24-12(3)25)11(2)23-17(26)13-4-6-15(7-5-13)27-18(19,20)21/h4-9,11H,1-3H3,(H,23,26)(H,22,24,25). The van der Waals surface area contributed by atoms with Gasteiger partial charge < -0.3 is 15.4 Å².